The molecule has 1 heterocycles. The molecule has 1 aromatic heterocycles. The van der Waals surface area contributed by atoms with Crippen LogP contribution in [0.5, 0.6) is 0 Å². The zero-order chi connectivity index (χ0) is 23.8. The lowest BCUT2D eigenvalue weighted by atomic mass is 9.89. The minimum Gasteiger partial charge on any atom is -0.309 e. The first-order chi connectivity index (χ1) is 17.8. The van der Waals surface area contributed by atoms with E-state index in [1.54, 1.807) is 0 Å². The molecular weight excluding hydrogens is 434 g/mol. The summed E-state index contributed by atoms with van der Waals surface area (Å²) < 4.78 is 2.38. The molecule has 0 amide bonds. The minimum absolute atomic E-state index is 1.18. The van der Waals surface area contributed by atoms with Crippen LogP contribution in [0.15, 0.2) is 121 Å². The van der Waals surface area contributed by atoms with Gasteiger partial charge >= 0.3 is 0 Å². The van der Waals surface area contributed by atoms with Crippen molar-refractivity contribution < 1.29 is 0 Å². The van der Waals surface area contributed by atoms with E-state index in [4.69, 9.17) is 0 Å². The van der Waals surface area contributed by atoms with Gasteiger partial charge in [0.15, 0.2) is 0 Å². The Labute approximate surface area is 209 Å². The molecule has 0 fully saturated rings. The fourth-order valence-electron chi connectivity index (χ4n) is 6.22. The first-order valence-electron chi connectivity index (χ1n) is 12.5. The maximum absolute atomic E-state index is 2.38. The number of hydrogen-bond donors (Lipinski definition) is 0. The summed E-state index contributed by atoms with van der Waals surface area (Å²) in [7, 11) is 0. The van der Waals surface area contributed by atoms with E-state index in [9.17, 15) is 0 Å². The summed E-state index contributed by atoms with van der Waals surface area (Å²) in [5.74, 6) is 0. The fourth-order valence-corrected chi connectivity index (χ4v) is 6.22. The second-order valence-electron chi connectivity index (χ2n) is 9.89. The first kappa shape index (κ1) is 19.7. The van der Waals surface area contributed by atoms with E-state index < -0.39 is 0 Å². The normalized spacial score (nSPS) is 12.0. The molecule has 168 valence electrons. The maximum atomic E-state index is 2.38. The van der Waals surface area contributed by atoms with Gasteiger partial charge in [-0.15, -0.1) is 0 Å². The van der Waals surface area contributed by atoms with Crippen molar-refractivity contribution in [2.24, 2.45) is 0 Å². The van der Waals surface area contributed by atoms with Gasteiger partial charge in [-0.1, -0.05) is 97.1 Å². The highest BCUT2D eigenvalue weighted by Gasteiger charge is 2.14. The van der Waals surface area contributed by atoms with Crippen LogP contribution in [0.2, 0.25) is 0 Å². The number of rotatable bonds is 2. The molecule has 1 heteroatoms. The maximum Gasteiger partial charge on any atom is 0.0541 e. The van der Waals surface area contributed by atoms with Gasteiger partial charge in [0, 0.05) is 16.5 Å². The Kier molecular flexibility index (Phi) is 3.93. The van der Waals surface area contributed by atoms with E-state index in [1.165, 1.54) is 76.5 Å². The van der Waals surface area contributed by atoms with E-state index >= 15 is 0 Å². The third-order valence-corrected chi connectivity index (χ3v) is 7.76. The van der Waals surface area contributed by atoms with Crippen LogP contribution in [-0.2, 0) is 0 Å². The van der Waals surface area contributed by atoms with Crippen molar-refractivity contribution in [1.82, 2.24) is 4.57 Å². The van der Waals surface area contributed by atoms with E-state index in [1.807, 2.05) is 0 Å². The van der Waals surface area contributed by atoms with Crippen LogP contribution in [-0.4, -0.2) is 4.57 Å². The molecule has 0 spiro atoms. The Balaban J connectivity index is 1.34. The van der Waals surface area contributed by atoms with Crippen LogP contribution in [0.4, 0.5) is 0 Å². The van der Waals surface area contributed by atoms with Gasteiger partial charge in [-0.05, 0) is 80.2 Å². The zero-order valence-corrected chi connectivity index (χ0v) is 20.0. The Morgan fingerprint density at radius 2 is 1.06 bits per heavy atom. The standard InChI is InChI=1S/C35H23N/c1-22-20-25-11-10-24-14-18-28(31-19-15-26(21-22)34(25)35(24)31)23-12-16-27(17-13-23)36-32-8-4-2-6-29(32)30-7-3-5-9-33(30)36/h2-21H,1H3. The van der Waals surface area contributed by atoms with E-state index in [0.29, 0.717) is 0 Å². The van der Waals surface area contributed by atoms with Gasteiger partial charge in [-0.3, -0.25) is 0 Å². The number of hydrogen-bond acceptors (Lipinski definition) is 0. The largest absolute Gasteiger partial charge is 0.309 e. The first-order valence-corrected chi connectivity index (χ1v) is 12.5. The Hall–Kier alpha value is -4.62. The molecular formula is C35H23N. The number of aromatic nitrogens is 1. The third kappa shape index (κ3) is 2.66. The smallest absolute Gasteiger partial charge is 0.0541 e. The molecule has 0 saturated carbocycles. The predicted octanol–water partition coefficient (Wildman–Crippen LogP) is 9.66. The van der Waals surface area contributed by atoms with Crippen LogP contribution < -0.4 is 0 Å². The molecule has 0 aliphatic carbocycles. The number of fused-ring (bicyclic) bond motifs is 3. The lowest BCUT2D eigenvalue weighted by Gasteiger charge is -2.15. The zero-order valence-electron chi connectivity index (χ0n) is 20.0. The molecule has 8 aromatic rings. The minimum atomic E-state index is 1.18. The van der Waals surface area contributed by atoms with Gasteiger partial charge in [0.2, 0.25) is 0 Å². The summed E-state index contributed by atoms with van der Waals surface area (Å²) in [5.41, 5.74) is 7.50. The quantitative estimate of drug-likeness (QED) is 0.228. The highest BCUT2D eigenvalue weighted by atomic mass is 15.0. The van der Waals surface area contributed by atoms with Crippen molar-refractivity contribution in [3.05, 3.63) is 127 Å². The molecule has 0 aliphatic rings. The van der Waals surface area contributed by atoms with Crippen molar-refractivity contribution >= 4 is 54.1 Å². The predicted molar refractivity (Wildman–Crippen MR) is 155 cm³/mol. The molecule has 0 aliphatic heterocycles. The van der Waals surface area contributed by atoms with E-state index in [2.05, 4.69) is 133 Å². The summed E-state index contributed by atoms with van der Waals surface area (Å²) in [6.45, 7) is 2.18. The van der Waals surface area contributed by atoms with Gasteiger partial charge < -0.3 is 4.57 Å². The van der Waals surface area contributed by atoms with Gasteiger partial charge in [0.25, 0.3) is 0 Å². The lowest BCUT2D eigenvalue weighted by molar-refractivity contribution is 1.18. The van der Waals surface area contributed by atoms with Crippen molar-refractivity contribution in [1.29, 1.82) is 0 Å². The van der Waals surface area contributed by atoms with Crippen LogP contribution in [0.1, 0.15) is 5.56 Å². The molecule has 7 aromatic carbocycles. The van der Waals surface area contributed by atoms with E-state index in [-0.39, 0.29) is 0 Å². The lowest BCUT2D eigenvalue weighted by Crippen LogP contribution is -1.94. The number of aryl methyl sites for hydroxylation is 1. The Bertz CT molecular complexity index is 2020. The number of para-hydroxylation sites is 2. The molecule has 0 saturated heterocycles. The van der Waals surface area contributed by atoms with Crippen molar-refractivity contribution in [2.75, 3.05) is 0 Å². The van der Waals surface area contributed by atoms with Crippen LogP contribution in [0.3, 0.4) is 0 Å². The molecule has 1 nitrogen and oxygen atoms in total. The molecule has 36 heavy (non-hydrogen) atoms. The number of nitrogens with zero attached hydrogens (tertiary/aromatic N) is 1. The monoisotopic (exact) mass is 457 g/mol. The number of benzene rings is 7. The SMILES string of the molecule is Cc1cc2ccc3ccc(-c4ccc(-n5c6ccccc6c6ccccc65)cc4)c4ccc(c1)c2c34. The summed E-state index contributed by atoms with van der Waals surface area (Å²) in [5, 5.41) is 10.6. The third-order valence-electron chi connectivity index (χ3n) is 7.76. The second-order valence-corrected chi connectivity index (χ2v) is 9.89. The molecule has 0 radical (unpaired) electrons. The summed E-state index contributed by atoms with van der Waals surface area (Å²) in [6, 6.07) is 44.7. The van der Waals surface area contributed by atoms with Gasteiger partial charge in [-0.2, -0.15) is 0 Å². The molecule has 8 rings (SSSR count). The highest BCUT2D eigenvalue weighted by molar-refractivity contribution is 6.25. The van der Waals surface area contributed by atoms with Gasteiger partial charge in [0.1, 0.15) is 0 Å². The van der Waals surface area contributed by atoms with Gasteiger partial charge in [-0.25, -0.2) is 0 Å². The van der Waals surface area contributed by atoms with Crippen molar-refractivity contribution in [3.8, 4) is 16.8 Å². The summed E-state index contributed by atoms with van der Waals surface area (Å²) in [4.78, 5) is 0. The molecule has 0 bridgehead atoms. The molecule has 0 unspecified atom stereocenters. The highest BCUT2D eigenvalue weighted by Crippen LogP contribution is 2.40. The Morgan fingerprint density at radius 1 is 0.472 bits per heavy atom. The van der Waals surface area contributed by atoms with Crippen molar-refractivity contribution in [3.63, 3.8) is 0 Å². The van der Waals surface area contributed by atoms with Gasteiger partial charge in [0.05, 0.1) is 11.0 Å². The second kappa shape index (κ2) is 7.19. The average Bonchev–Trinajstić information content (AvgIpc) is 3.26. The average molecular weight is 458 g/mol. The van der Waals surface area contributed by atoms with E-state index in [0.717, 1.165) is 0 Å². The summed E-state index contributed by atoms with van der Waals surface area (Å²) >= 11 is 0. The topological polar surface area (TPSA) is 4.93 Å². The molecule has 0 N–H and O–H groups in total. The van der Waals surface area contributed by atoms with Crippen LogP contribution in [0.25, 0.3) is 70.9 Å². The fraction of sp³-hybridized carbons (Fsp3) is 0.0286. The van der Waals surface area contributed by atoms with Crippen LogP contribution >= 0.6 is 0 Å². The van der Waals surface area contributed by atoms with Crippen molar-refractivity contribution in [2.45, 2.75) is 6.92 Å². The molecule has 0 atom stereocenters. The Morgan fingerprint density at radius 3 is 1.75 bits per heavy atom. The van der Waals surface area contributed by atoms with Crippen LogP contribution in [0, 0.1) is 6.92 Å². The summed E-state index contributed by atoms with van der Waals surface area (Å²) in [6.07, 6.45) is 0.